The maximum absolute atomic E-state index is 12.5. The van der Waals surface area contributed by atoms with Gasteiger partial charge in [-0.25, -0.2) is 12.7 Å². The number of carbonyl (C=O) groups is 1. The summed E-state index contributed by atoms with van der Waals surface area (Å²) in [6.07, 6.45) is 4.96. The predicted molar refractivity (Wildman–Crippen MR) is 122 cm³/mol. The number of nitrogens with zero attached hydrogens (tertiary/aromatic N) is 2. The van der Waals surface area contributed by atoms with Gasteiger partial charge in [0.1, 0.15) is 5.56 Å². The van der Waals surface area contributed by atoms with Crippen LogP contribution in [0.2, 0.25) is 0 Å². The van der Waals surface area contributed by atoms with Crippen LogP contribution in [0.15, 0.2) is 34.0 Å². The van der Waals surface area contributed by atoms with Gasteiger partial charge in [0, 0.05) is 31.9 Å². The van der Waals surface area contributed by atoms with Gasteiger partial charge in [0.05, 0.1) is 4.90 Å². The molecule has 1 amide bonds. The van der Waals surface area contributed by atoms with Gasteiger partial charge in [-0.2, -0.15) is 4.98 Å². The number of rotatable bonds is 8. The number of hydrogen-bond acceptors (Lipinski definition) is 8. The molecule has 11 nitrogen and oxygen atoms in total. The second-order valence-electron chi connectivity index (χ2n) is 8.22. The minimum Gasteiger partial charge on any atom is -0.365 e. The predicted octanol–water partition coefficient (Wildman–Crippen LogP) is 0.936. The number of anilines is 3. The molecule has 0 radical (unpaired) electrons. The largest absolute Gasteiger partial charge is 0.365 e. The topological polar surface area (TPSA) is 176 Å². The Kier molecular flexibility index (Phi) is 6.86. The van der Waals surface area contributed by atoms with E-state index in [1.165, 1.54) is 32.3 Å². The van der Waals surface area contributed by atoms with Gasteiger partial charge < -0.3 is 22.1 Å². The van der Waals surface area contributed by atoms with Gasteiger partial charge in [0.15, 0.2) is 5.82 Å². The van der Waals surface area contributed by atoms with Crippen molar-refractivity contribution in [2.24, 2.45) is 11.5 Å². The normalized spacial score (nSPS) is 16.0. The third-order valence-electron chi connectivity index (χ3n) is 5.50. The first-order valence-corrected chi connectivity index (χ1v) is 11.7. The van der Waals surface area contributed by atoms with Crippen LogP contribution >= 0.6 is 0 Å². The number of nitrogens with one attached hydrogen (secondary N) is 3. The summed E-state index contributed by atoms with van der Waals surface area (Å²) < 4.78 is 25.9. The first-order chi connectivity index (χ1) is 15.0. The third kappa shape index (κ3) is 5.26. The van der Waals surface area contributed by atoms with E-state index in [1.54, 1.807) is 6.07 Å². The van der Waals surface area contributed by atoms with E-state index in [0.717, 1.165) is 36.4 Å². The lowest BCUT2D eigenvalue weighted by Gasteiger charge is -2.33. The lowest BCUT2D eigenvalue weighted by molar-refractivity contribution is 0.0999. The second-order valence-corrected chi connectivity index (χ2v) is 10.4. The second kappa shape index (κ2) is 9.27. The highest BCUT2D eigenvalue weighted by molar-refractivity contribution is 7.89. The smallest absolute Gasteiger partial charge is 0.267 e. The van der Waals surface area contributed by atoms with Crippen molar-refractivity contribution in [3.05, 3.63) is 40.2 Å². The molecule has 174 valence electrons. The minimum absolute atomic E-state index is 0.0405. The SMILES string of the molecule is CN(C)S(=O)(=O)c1cccc(Nc2nc(NCC3(N)CCCCC3)[nH]c(=O)c2C(N)=O)c1. The summed E-state index contributed by atoms with van der Waals surface area (Å²) >= 11 is 0. The molecule has 0 unspecified atom stereocenters. The standard InChI is InChI=1S/C20H29N7O4S/c1-27(2)32(30,31)14-8-6-7-13(11-14)24-17-15(16(21)28)18(29)26-19(25-17)23-12-20(22)9-4-3-5-10-20/h6-8,11H,3-5,9-10,12,22H2,1-2H3,(H2,21,28)(H3,23,24,25,26,29). The fourth-order valence-corrected chi connectivity index (χ4v) is 4.60. The Morgan fingerprint density at radius 1 is 1.25 bits per heavy atom. The highest BCUT2D eigenvalue weighted by atomic mass is 32.2. The Morgan fingerprint density at radius 2 is 1.94 bits per heavy atom. The molecule has 1 aliphatic rings. The van der Waals surface area contributed by atoms with Crippen LogP contribution in [0, 0.1) is 0 Å². The fourth-order valence-electron chi connectivity index (χ4n) is 3.65. The van der Waals surface area contributed by atoms with Crippen molar-refractivity contribution in [2.75, 3.05) is 31.3 Å². The van der Waals surface area contributed by atoms with Crippen LogP contribution in [-0.4, -0.2) is 54.8 Å². The zero-order valence-corrected chi connectivity index (χ0v) is 19.0. The Labute approximate surface area is 186 Å². The van der Waals surface area contributed by atoms with Crippen molar-refractivity contribution in [3.63, 3.8) is 0 Å². The molecule has 32 heavy (non-hydrogen) atoms. The molecule has 0 bridgehead atoms. The summed E-state index contributed by atoms with van der Waals surface area (Å²) in [7, 11) is -0.827. The first-order valence-electron chi connectivity index (χ1n) is 10.3. The highest BCUT2D eigenvalue weighted by Gasteiger charge is 2.27. The van der Waals surface area contributed by atoms with Gasteiger partial charge in [-0.1, -0.05) is 25.3 Å². The molecule has 0 spiro atoms. The van der Waals surface area contributed by atoms with Crippen molar-refractivity contribution in [1.82, 2.24) is 14.3 Å². The summed E-state index contributed by atoms with van der Waals surface area (Å²) in [4.78, 5) is 31.3. The van der Waals surface area contributed by atoms with Gasteiger partial charge >= 0.3 is 0 Å². The summed E-state index contributed by atoms with van der Waals surface area (Å²) in [5, 5.41) is 5.90. The quantitative estimate of drug-likeness (QED) is 0.384. The van der Waals surface area contributed by atoms with Gasteiger partial charge in [-0.3, -0.25) is 14.6 Å². The number of amides is 1. The number of nitrogens with two attached hydrogens (primary N) is 2. The highest BCUT2D eigenvalue weighted by Crippen LogP contribution is 2.26. The van der Waals surface area contributed by atoms with E-state index in [1.807, 2.05) is 0 Å². The number of aromatic amines is 1. The van der Waals surface area contributed by atoms with Gasteiger partial charge in [0.2, 0.25) is 16.0 Å². The Bertz CT molecular complexity index is 1150. The lowest BCUT2D eigenvalue weighted by atomic mass is 9.82. The van der Waals surface area contributed by atoms with Crippen molar-refractivity contribution in [1.29, 1.82) is 0 Å². The number of primary amides is 1. The minimum atomic E-state index is -3.68. The van der Waals surface area contributed by atoms with Crippen LogP contribution in [-0.2, 0) is 10.0 Å². The Balaban J connectivity index is 1.91. The van der Waals surface area contributed by atoms with Crippen LogP contribution in [0.5, 0.6) is 0 Å². The maximum Gasteiger partial charge on any atom is 0.267 e. The van der Waals surface area contributed by atoms with E-state index < -0.39 is 27.0 Å². The van der Waals surface area contributed by atoms with E-state index in [0.29, 0.717) is 12.2 Å². The van der Waals surface area contributed by atoms with E-state index >= 15 is 0 Å². The molecular weight excluding hydrogens is 434 g/mol. The van der Waals surface area contributed by atoms with Crippen LogP contribution < -0.4 is 27.7 Å². The van der Waals surface area contributed by atoms with Crippen molar-refractivity contribution >= 4 is 33.4 Å². The fraction of sp³-hybridized carbons (Fsp3) is 0.450. The van der Waals surface area contributed by atoms with E-state index in [4.69, 9.17) is 11.5 Å². The van der Waals surface area contributed by atoms with Crippen molar-refractivity contribution in [2.45, 2.75) is 42.5 Å². The van der Waals surface area contributed by atoms with Crippen molar-refractivity contribution < 1.29 is 13.2 Å². The van der Waals surface area contributed by atoms with E-state index in [9.17, 15) is 18.0 Å². The van der Waals surface area contributed by atoms with Crippen LogP contribution in [0.25, 0.3) is 0 Å². The molecule has 3 rings (SSSR count). The molecule has 12 heteroatoms. The molecule has 0 saturated heterocycles. The summed E-state index contributed by atoms with van der Waals surface area (Å²) in [6, 6.07) is 5.95. The molecule has 1 saturated carbocycles. The molecule has 1 fully saturated rings. The molecular formula is C20H29N7O4S. The zero-order valence-electron chi connectivity index (χ0n) is 18.1. The number of carbonyl (C=O) groups excluding carboxylic acids is 1. The molecule has 7 N–H and O–H groups in total. The number of aromatic nitrogens is 2. The van der Waals surface area contributed by atoms with Crippen LogP contribution in [0.4, 0.5) is 17.5 Å². The summed E-state index contributed by atoms with van der Waals surface area (Å²) in [6.45, 7) is 0.405. The molecule has 0 atom stereocenters. The molecule has 1 heterocycles. The lowest BCUT2D eigenvalue weighted by Crippen LogP contribution is -2.48. The van der Waals surface area contributed by atoms with Gasteiger partial charge in [-0.15, -0.1) is 0 Å². The Hall–Kier alpha value is -2.96. The number of sulfonamides is 1. The number of hydrogen-bond donors (Lipinski definition) is 5. The Morgan fingerprint density at radius 3 is 2.56 bits per heavy atom. The monoisotopic (exact) mass is 463 g/mol. The summed E-state index contributed by atoms with van der Waals surface area (Å²) in [5.74, 6) is -0.916. The average molecular weight is 464 g/mol. The molecule has 1 aromatic carbocycles. The maximum atomic E-state index is 12.5. The van der Waals surface area contributed by atoms with Crippen molar-refractivity contribution in [3.8, 4) is 0 Å². The van der Waals surface area contributed by atoms with E-state index in [-0.39, 0.29) is 22.2 Å². The summed E-state index contributed by atoms with van der Waals surface area (Å²) in [5.41, 5.74) is 10.7. The molecule has 1 aromatic heterocycles. The third-order valence-corrected chi connectivity index (χ3v) is 7.31. The molecule has 0 aliphatic heterocycles. The first kappa shape index (κ1) is 23.7. The average Bonchev–Trinajstić information content (AvgIpc) is 2.72. The van der Waals surface area contributed by atoms with Gasteiger partial charge in [-0.05, 0) is 31.0 Å². The zero-order chi connectivity index (χ0) is 23.5. The molecule has 1 aliphatic carbocycles. The number of benzene rings is 1. The van der Waals surface area contributed by atoms with Crippen LogP contribution in [0.1, 0.15) is 42.5 Å². The molecule has 2 aromatic rings. The van der Waals surface area contributed by atoms with Gasteiger partial charge in [0.25, 0.3) is 11.5 Å². The van der Waals surface area contributed by atoms with Crippen LogP contribution in [0.3, 0.4) is 0 Å². The van der Waals surface area contributed by atoms with E-state index in [2.05, 4.69) is 20.6 Å². The number of H-pyrrole nitrogens is 1.